The van der Waals surface area contributed by atoms with Crippen molar-refractivity contribution in [1.29, 1.82) is 0 Å². The first kappa shape index (κ1) is 14.7. The zero-order valence-corrected chi connectivity index (χ0v) is 12.8. The van der Waals surface area contributed by atoms with E-state index in [0.29, 0.717) is 17.8 Å². The molecule has 0 unspecified atom stereocenters. The van der Waals surface area contributed by atoms with Crippen LogP contribution in [-0.2, 0) is 0 Å². The number of hydrogen-bond acceptors (Lipinski definition) is 4. The van der Waals surface area contributed by atoms with Crippen molar-refractivity contribution in [3.63, 3.8) is 0 Å². The van der Waals surface area contributed by atoms with Crippen molar-refractivity contribution in [2.75, 3.05) is 13.2 Å². The summed E-state index contributed by atoms with van der Waals surface area (Å²) < 4.78 is 0. The van der Waals surface area contributed by atoms with Gasteiger partial charge in [0.1, 0.15) is 0 Å². The highest BCUT2D eigenvalue weighted by molar-refractivity contribution is 5.98. The minimum Gasteiger partial charge on any atom is -0.396 e. The molecular formula is C16H20N4O2. The third-order valence-electron chi connectivity index (χ3n) is 4.20. The van der Waals surface area contributed by atoms with Crippen molar-refractivity contribution in [2.45, 2.75) is 26.3 Å². The number of aryl methyl sites for hydroxylation is 1. The smallest absolute Gasteiger partial charge is 0.256 e. The summed E-state index contributed by atoms with van der Waals surface area (Å²) in [5.41, 5.74) is 2.30. The summed E-state index contributed by atoms with van der Waals surface area (Å²) in [6, 6.07) is 5.82. The van der Waals surface area contributed by atoms with Crippen molar-refractivity contribution in [3.05, 3.63) is 41.7 Å². The van der Waals surface area contributed by atoms with Crippen molar-refractivity contribution in [2.24, 2.45) is 5.92 Å². The highest BCUT2D eigenvalue weighted by Gasteiger charge is 2.33. The second kappa shape index (κ2) is 5.88. The van der Waals surface area contributed by atoms with E-state index in [1.165, 1.54) is 4.80 Å². The van der Waals surface area contributed by atoms with E-state index in [0.717, 1.165) is 12.0 Å². The summed E-state index contributed by atoms with van der Waals surface area (Å²) in [6.45, 7) is 4.70. The van der Waals surface area contributed by atoms with Crippen LogP contribution in [0.1, 0.15) is 29.3 Å². The Hall–Kier alpha value is -2.21. The van der Waals surface area contributed by atoms with Gasteiger partial charge < -0.3 is 10.0 Å². The van der Waals surface area contributed by atoms with E-state index >= 15 is 0 Å². The second-order valence-electron chi connectivity index (χ2n) is 5.93. The Bertz CT molecular complexity index is 669. The molecule has 1 aliphatic heterocycles. The van der Waals surface area contributed by atoms with Gasteiger partial charge in [-0.05, 0) is 32.4 Å². The van der Waals surface area contributed by atoms with Gasteiger partial charge in [0.15, 0.2) is 0 Å². The third kappa shape index (κ3) is 2.62. The predicted molar refractivity (Wildman–Crippen MR) is 81.8 cm³/mol. The maximum absolute atomic E-state index is 13.0. The van der Waals surface area contributed by atoms with Gasteiger partial charge in [-0.15, -0.1) is 0 Å². The van der Waals surface area contributed by atoms with Crippen LogP contribution in [0.2, 0.25) is 0 Å². The molecule has 0 saturated carbocycles. The molecule has 0 radical (unpaired) electrons. The van der Waals surface area contributed by atoms with Gasteiger partial charge in [0.25, 0.3) is 5.91 Å². The highest BCUT2D eigenvalue weighted by atomic mass is 16.3. The lowest BCUT2D eigenvalue weighted by molar-refractivity contribution is 0.0738. The monoisotopic (exact) mass is 300 g/mol. The molecule has 6 heteroatoms. The van der Waals surface area contributed by atoms with E-state index in [-0.39, 0.29) is 24.5 Å². The lowest BCUT2D eigenvalue weighted by Gasteiger charge is -2.23. The number of benzene rings is 1. The Morgan fingerprint density at radius 2 is 2.09 bits per heavy atom. The van der Waals surface area contributed by atoms with Crippen molar-refractivity contribution < 1.29 is 9.90 Å². The van der Waals surface area contributed by atoms with Crippen LogP contribution in [0.25, 0.3) is 5.69 Å². The largest absolute Gasteiger partial charge is 0.396 e. The minimum atomic E-state index is -0.0283. The van der Waals surface area contributed by atoms with Gasteiger partial charge in [0, 0.05) is 25.1 Å². The van der Waals surface area contributed by atoms with Crippen LogP contribution in [0.5, 0.6) is 0 Å². The maximum atomic E-state index is 13.0. The van der Waals surface area contributed by atoms with Crippen LogP contribution >= 0.6 is 0 Å². The molecule has 6 nitrogen and oxygen atoms in total. The summed E-state index contributed by atoms with van der Waals surface area (Å²) in [4.78, 5) is 16.3. The molecule has 2 aromatic rings. The molecule has 1 fully saturated rings. The van der Waals surface area contributed by atoms with Gasteiger partial charge in [-0.25, -0.2) is 0 Å². The summed E-state index contributed by atoms with van der Waals surface area (Å²) in [5, 5.41) is 17.6. The Morgan fingerprint density at radius 3 is 2.73 bits per heavy atom. The first-order valence-corrected chi connectivity index (χ1v) is 7.49. The van der Waals surface area contributed by atoms with Crippen molar-refractivity contribution in [3.8, 4) is 5.69 Å². The quantitative estimate of drug-likeness (QED) is 0.930. The molecule has 1 saturated heterocycles. The van der Waals surface area contributed by atoms with Crippen molar-refractivity contribution in [1.82, 2.24) is 19.9 Å². The SMILES string of the molecule is Cc1ccc(-n2nccn2)c(C(=O)N2C[C@@H](CO)C[C@@H]2C)c1. The van der Waals surface area contributed by atoms with Gasteiger partial charge in [-0.2, -0.15) is 15.0 Å². The van der Waals surface area contributed by atoms with E-state index in [9.17, 15) is 9.90 Å². The van der Waals surface area contributed by atoms with E-state index in [1.807, 2.05) is 36.9 Å². The summed E-state index contributed by atoms with van der Waals surface area (Å²) in [5.74, 6) is 0.134. The predicted octanol–water partition coefficient (Wildman–Crippen LogP) is 1.42. The highest BCUT2D eigenvalue weighted by Crippen LogP contribution is 2.26. The number of hydrogen-bond donors (Lipinski definition) is 1. The number of amides is 1. The Kier molecular flexibility index (Phi) is 3.94. The molecule has 1 aromatic heterocycles. The first-order valence-electron chi connectivity index (χ1n) is 7.49. The number of carbonyl (C=O) groups excluding carboxylic acids is 1. The number of aliphatic hydroxyl groups is 1. The zero-order chi connectivity index (χ0) is 15.7. The molecular weight excluding hydrogens is 280 g/mol. The summed E-state index contributed by atoms with van der Waals surface area (Å²) >= 11 is 0. The Labute approximate surface area is 129 Å². The van der Waals surface area contributed by atoms with Crippen molar-refractivity contribution >= 4 is 5.91 Å². The topological polar surface area (TPSA) is 71.2 Å². The van der Waals surface area contributed by atoms with Crippen LogP contribution in [0.4, 0.5) is 0 Å². The molecule has 116 valence electrons. The number of rotatable bonds is 3. The molecule has 3 rings (SSSR count). The number of aliphatic hydroxyl groups excluding tert-OH is 1. The van der Waals surface area contributed by atoms with Gasteiger partial charge in [0.05, 0.1) is 23.6 Å². The van der Waals surface area contributed by atoms with Crippen LogP contribution in [0.15, 0.2) is 30.6 Å². The van der Waals surface area contributed by atoms with Gasteiger partial charge in [-0.3, -0.25) is 4.79 Å². The normalized spacial score (nSPS) is 21.3. The summed E-state index contributed by atoms with van der Waals surface area (Å²) in [6.07, 6.45) is 4.02. The second-order valence-corrected chi connectivity index (χ2v) is 5.93. The van der Waals surface area contributed by atoms with Gasteiger partial charge in [-0.1, -0.05) is 11.6 Å². The summed E-state index contributed by atoms with van der Waals surface area (Å²) in [7, 11) is 0. The number of likely N-dealkylation sites (tertiary alicyclic amines) is 1. The molecule has 0 spiro atoms. The van der Waals surface area contributed by atoms with Crippen LogP contribution in [0.3, 0.4) is 0 Å². The molecule has 2 atom stereocenters. The van der Waals surface area contributed by atoms with E-state index < -0.39 is 0 Å². The standard InChI is InChI=1S/C16H20N4O2/c1-11-3-4-15(20-17-5-6-18-20)14(7-11)16(22)19-9-13(10-21)8-12(19)2/h3-7,12-13,21H,8-10H2,1-2H3/t12-,13-/m0/s1. The van der Waals surface area contributed by atoms with E-state index in [1.54, 1.807) is 12.4 Å². The van der Waals surface area contributed by atoms with Gasteiger partial charge >= 0.3 is 0 Å². The lowest BCUT2D eigenvalue weighted by atomic mass is 10.1. The Morgan fingerprint density at radius 1 is 1.36 bits per heavy atom. The van der Waals surface area contributed by atoms with E-state index in [4.69, 9.17) is 0 Å². The molecule has 2 heterocycles. The molecule has 1 aromatic carbocycles. The van der Waals surface area contributed by atoms with Gasteiger partial charge in [0.2, 0.25) is 0 Å². The molecule has 22 heavy (non-hydrogen) atoms. The number of nitrogens with zero attached hydrogens (tertiary/aromatic N) is 4. The maximum Gasteiger partial charge on any atom is 0.256 e. The third-order valence-corrected chi connectivity index (χ3v) is 4.20. The number of carbonyl (C=O) groups is 1. The van der Waals surface area contributed by atoms with Crippen LogP contribution < -0.4 is 0 Å². The molecule has 0 aliphatic carbocycles. The minimum absolute atomic E-state index is 0.0283. The number of aromatic nitrogens is 3. The van der Waals surface area contributed by atoms with E-state index in [2.05, 4.69) is 10.2 Å². The molecule has 1 amide bonds. The average molecular weight is 300 g/mol. The first-order chi connectivity index (χ1) is 10.6. The molecule has 0 bridgehead atoms. The Balaban J connectivity index is 1.97. The lowest BCUT2D eigenvalue weighted by Crippen LogP contribution is -2.35. The average Bonchev–Trinajstić information content (AvgIpc) is 3.15. The molecule has 1 aliphatic rings. The fraction of sp³-hybridized carbons (Fsp3) is 0.438. The van der Waals surface area contributed by atoms with Crippen LogP contribution in [-0.4, -0.2) is 50.1 Å². The zero-order valence-electron chi connectivity index (χ0n) is 12.8. The fourth-order valence-corrected chi connectivity index (χ4v) is 3.05. The molecule has 1 N–H and O–H groups in total. The fourth-order valence-electron chi connectivity index (χ4n) is 3.05. The van der Waals surface area contributed by atoms with Crippen LogP contribution in [0, 0.1) is 12.8 Å².